The summed E-state index contributed by atoms with van der Waals surface area (Å²) in [5, 5.41) is 7.90. The molecule has 0 bridgehead atoms. The number of likely N-dealkylation sites (tertiary alicyclic amines) is 1. The monoisotopic (exact) mass is 572 g/mol. The minimum absolute atomic E-state index is 0.0365. The lowest BCUT2D eigenvalue weighted by Crippen LogP contribution is -2.39. The van der Waals surface area contributed by atoms with Crippen molar-refractivity contribution in [3.05, 3.63) is 71.8 Å². The van der Waals surface area contributed by atoms with Gasteiger partial charge in [0.1, 0.15) is 22.8 Å². The summed E-state index contributed by atoms with van der Waals surface area (Å²) < 4.78 is 58.5. The van der Waals surface area contributed by atoms with Gasteiger partial charge in [-0.2, -0.15) is 4.98 Å². The number of ether oxygens (including phenoxy) is 4. The quantitative estimate of drug-likeness (QED) is 0.222. The number of carbonyl (C=O) groups is 1. The molecule has 41 heavy (non-hydrogen) atoms. The molecule has 218 valence electrons. The van der Waals surface area contributed by atoms with Crippen LogP contribution in [0.3, 0.4) is 0 Å². The molecule has 2 aromatic carbocycles. The van der Waals surface area contributed by atoms with Gasteiger partial charge >= 0.3 is 6.36 Å². The van der Waals surface area contributed by atoms with E-state index >= 15 is 0 Å². The van der Waals surface area contributed by atoms with Gasteiger partial charge in [-0.1, -0.05) is 0 Å². The summed E-state index contributed by atoms with van der Waals surface area (Å²) in [6, 6.07) is 14.5. The molecule has 0 saturated carbocycles. The smallest absolute Gasteiger partial charge is 0.478 e. The largest absolute Gasteiger partial charge is 0.573 e. The van der Waals surface area contributed by atoms with Crippen molar-refractivity contribution in [1.29, 1.82) is 5.41 Å². The van der Waals surface area contributed by atoms with E-state index in [-0.39, 0.29) is 34.9 Å². The first-order valence-corrected chi connectivity index (χ1v) is 13.2. The van der Waals surface area contributed by atoms with Crippen molar-refractivity contribution in [3.8, 4) is 29.0 Å². The van der Waals surface area contributed by atoms with Gasteiger partial charge in [0.25, 0.3) is 5.91 Å². The number of rotatable bonds is 10. The maximum absolute atomic E-state index is 13.5. The van der Waals surface area contributed by atoms with E-state index in [1.54, 1.807) is 42.2 Å². The lowest BCUT2D eigenvalue weighted by molar-refractivity contribution is -0.274. The van der Waals surface area contributed by atoms with Crippen LogP contribution in [0.4, 0.5) is 13.2 Å². The molecule has 2 heterocycles. The molecule has 3 N–H and O–H groups in total. The zero-order chi connectivity index (χ0) is 29.4. The minimum Gasteiger partial charge on any atom is -0.478 e. The molecule has 1 aromatic heterocycles. The van der Waals surface area contributed by atoms with E-state index in [0.29, 0.717) is 43.5 Å². The third-order valence-electron chi connectivity index (χ3n) is 6.44. The molecule has 1 amide bonds. The Balaban J connectivity index is 1.56. The molecule has 0 atom stereocenters. The summed E-state index contributed by atoms with van der Waals surface area (Å²) >= 11 is 0. The number of nitrogens with zero attached hydrogens (tertiary/aromatic N) is 2. The predicted octanol–water partition coefficient (Wildman–Crippen LogP) is 6.13. The first-order chi connectivity index (χ1) is 19.6. The van der Waals surface area contributed by atoms with Gasteiger partial charge in [0.2, 0.25) is 17.7 Å². The van der Waals surface area contributed by atoms with Gasteiger partial charge in [-0.05, 0) is 93.2 Å². The second-order valence-electron chi connectivity index (χ2n) is 9.32. The van der Waals surface area contributed by atoms with Crippen LogP contribution in [0.15, 0.2) is 60.7 Å². The summed E-state index contributed by atoms with van der Waals surface area (Å²) in [6.07, 6.45) is -2.24. The Morgan fingerprint density at radius 2 is 1.59 bits per heavy atom. The summed E-state index contributed by atoms with van der Waals surface area (Å²) in [4.78, 5) is 19.6. The molecule has 0 radical (unpaired) electrons. The Morgan fingerprint density at radius 3 is 2.20 bits per heavy atom. The fraction of sp³-hybridized carbons (Fsp3) is 0.345. The highest BCUT2D eigenvalue weighted by atomic mass is 19.4. The number of carbonyl (C=O) groups excluding carboxylic acids is 1. The van der Waals surface area contributed by atoms with Crippen LogP contribution in [0.25, 0.3) is 0 Å². The molecule has 1 aliphatic heterocycles. The number of nitrogens with one attached hydrogen (secondary N) is 1. The normalized spacial score (nSPS) is 13.9. The van der Waals surface area contributed by atoms with E-state index in [1.165, 1.54) is 18.2 Å². The second-order valence-corrected chi connectivity index (χ2v) is 9.32. The van der Waals surface area contributed by atoms with Gasteiger partial charge in [-0.3, -0.25) is 10.2 Å². The Kier molecular flexibility index (Phi) is 9.66. The molecule has 1 saturated heterocycles. The second kappa shape index (κ2) is 13.4. The Morgan fingerprint density at radius 1 is 0.976 bits per heavy atom. The molecule has 3 aromatic rings. The number of nitrogens with two attached hydrogens (primary N) is 1. The topological polar surface area (TPSA) is 120 Å². The summed E-state index contributed by atoms with van der Waals surface area (Å²) in [6.45, 7) is 3.90. The highest BCUT2D eigenvalue weighted by molar-refractivity contribution is 5.96. The Hall–Kier alpha value is -4.32. The van der Waals surface area contributed by atoms with Crippen molar-refractivity contribution in [2.24, 2.45) is 11.7 Å². The van der Waals surface area contributed by atoms with Crippen LogP contribution >= 0.6 is 0 Å². The van der Waals surface area contributed by atoms with E-state index in [4.69, 9.17) is 25.4 Å². The molecule has 12 heteroatoms. The van der Waals surface area contributed by atoms with Crippen LogP contribution in [-0.4, -0.2) is 54.3 Å². The van der Waals surface area contributed by atoms with Crippen LogP contribution < -0.4 is 19.9 Å². The number of alkyl halides is 3. The standard InChI is InChI=1S/C29H31F3N4O5/c1-2-38-26(34)20-3-5-21(6-4-20)39-25-12-11-24(28(37)36-17-14-19(13-16-33)15-18-36)27(35-25)40-22-7-9-23(10-8-22)41-29(30,31)32/h3-12,19,34H,2,13-18,33H2,1H3. The number of hydrogen-bond acceptors (Lipinski definition) is 8. The van der Waals surface area contributed by atoms with Crippen molar-refractivity contribution in [2.75, 3.05) is 26.2 Å². The van der Waals surface area contributed by atoms with Gasteiger partial charge in [-0.25, -0.2) is 0 Å². The SMILES string of the molecule is CCOC(=N)c1ccc(Oc2ccc(C(=O)N3CCC(CCN)CC3)c(Oc3ccc(OC(F)(F)F)cc3)n2)cc1. The predicted molar refractivity (Wildman–Crippen MR) is 145 cm³/mol. The molecule has 0 unspecified atom stereocenters. The lowest BCUT2D eigenvalue weighted by atomic mass is 9.93. The highest BCUT2D eigenvalue weighted by Gasteiger charge is 2.31. The highest BCUT2D eigenvalue weighted by Crippen LogP contribution is 2.32. The summed E-state index contributed by atoms with van der Waals surface area (Å²) in [5.41, 5.74) is 6.44. The molecule has 0 spiro atoms. The van der Waals surface area contributed by atoms with Crippen molar-refractivity contribution in [2.45, 2.75) is 32.5 Å². The molecule has 0 aliphatic carbocycles. The number of piperidine rings is 1. The van der Waals surface area contributed by atoms with Crippen molar-refractivity contribution >= 4 is 11.8 Å². The van der Waals surface area contributed by atoms with Crippen LogP contribution in [0.5, 0.6) is 29.0 Å². The maximum atomic E-state index is 13.5. The van der Waals surface area contributed by atoms with Gasteiger partial charge in [-0.15, -0.1) is 13.2 Å². The lowest BCUT2D eigenvalue weighted by Gasteiger charge is -2.32. The van der Waals surface area contributed by atoms with Crippen molar-refractivity contribution in [1.82, 2.24) is 9.88 Å². The number of pyridine rings is 1. The zero-order valence-electron chi connectivity index (χ0n) is 22.4. The summed E-state index contributed by atoms with van der Waals surface area (Å²) in [7, 11) is 0. The Labute approximate surface area is 235 Å². The van der Waals surface area contributed by atoms with Crippen molar-refractivity contribution < 1.29 is 36.9 Å². The average molecular weight is 573 g/mol. The van der Waals surface area contributed by atoms with Gasteiger partial charge in [0, 0.05) is 24.7 Å². The minimum atomic E-state index is -4.83. The van der Waals surface area contributed by atoms with Crippen LogP contribution in [0.1, 0.15) is 42.1 Å². The van der Waals surface area contributed by atoms with E-state index in [9.17, 15) is 18.0 Å². The van der Waals surface area contributed by atoms with Gasteiger partial charge < -0.3 is 29.6 Å². The molecular weight excluding hydrogens is 541 g/mol. The van der Waals surface area contributed by atoms with Gasteiger partial charge in [0.15, 0.2) is 0 Å². The van der Waals surface area contributed by atoms with E-state index in [2.05, 4.69) is 9.72 Å². The first-order valence-electron chi connectivity index (χ1n) is 13.2. The van der Waals surface area contributed by atoms with E-state index in [1.807, 2.05) is 0 Å². The van der Waals surface area contributed by atoms with Gasteiger partial charge in [0.05, 0.1) is 6.61 Å². The fourth-order valence-corrected chi connectivity index (χ4v) is 4.40. The van der Waals surface area contributed by atoms with E-state index in [0.717, 1.165) is 31.4 Å². The number of amides is 1. The van der Waals surface area contributed by atoms with Crippen LogP contribution in [0, 0.1) is 11.3 Å². The molecule has 1 aliphatic rings. The molecule has 9 nitrogen and oxygen atoms in total. The number of halogens is 3. The van der Waals surface area contributed by atoms with Crippen LogP contribution in [0.2, 0.25) is 0 Å². The third-order valence-corrected chi connectivity index (χ3v) is 6.44. The third kappa shape index (κ3) is 8.34. The first kappa shape index (κ1) is 29.7. The molecule has 1 fully saturated rings. The van der Waals surface area contributed by atoms with E-state index < -0.39 is 12.1 Å². The zero-order valence-corrected chi connectivity index (χ0v) is 22.4. The van der Waals surface area contributed by atoms with Crippen LogP contribution in [-0.2, 0) is 4.74 Å². The number of hydrogen-bond donors (Lipinski definition) is 2. The number of aromatic nitrogens is 1. The fourth-order valence-electron chi connectivity index (χ4n) is 4.40. The summed E-state index contributed by atoms with van der Waals surface area (Å²) in [5.74, 6) is 0.459. The number of benzene rings is 2. The molecular formula is C29H31F3N4O5. The molecule has 4 rings (SSSR count). The average Bonchev–Trinajstić information content (AvgIpc) is 2.94. The Bertz CT molecular complexity index is 1330. The van der Waals surface area contributed by atoms with Crippen molar-refractivity contribution in [3.63, 3.8) is 0 Å². The maximum Gasteiger partial charge on any atom is 0.573 e.